The lowest BCUT2D eigenvalue weighted by atomic mass is 10.1. The third kappa shape index (κ3) is 2.73. The molecule has 0 aliphatic carbocycles. The summed E-state index contributed by atoms with van der Waals surface area (Å²) in [6.07, 6.45) is 0. The standard InChI is InChI=1S/C15H15NO3/c1-9-6-4-5-7-12(9)16-13-8-10(2)19-15(18)14(13)11(3)17/h4-8,16H,1-3H3. The predicted molar refractivity (Wildman–Crippen MR) is 74.2 cm³/mol. The number of hydrogen-bond donors (Lipinski definition) is 1. The van der Waals surface area contributed by atoms with Gasteiger partial charge >= 0.3 is 5.63 Å². The van der Waals surface area contributed by atoms with Gasteiger partial charge in [-0.05, 0) is 32.4 Å². The lowest BCUT2D eigenvalue weighted by Gasteiger charge is -2.12. The molecule has 19 heavy (non-hydrogen) atoms. The zero-order valence-electron chi connectivity index (χ0n) is 11.1. The molecule has 98 valence electrons. The van der Waals surface area contributed by atoms with Crippen LogP contribution >= 0.6 is 0 Å². The molecule has 4 heteroatoms. The average molecular weight is 257 g/mol. The van der Waals surface area contributed by atoms with Crippen molar-refractivity contribution in [3.8, 4) is 0 Å². The number of nitrogens with one attached hydrogen (secondary N) is 1. The maximum Gasteiger partial charge on any atom is 0.348 e. The van der Waals surface area contributed by atoms with Crippen molar-refractivity contribution < 1.29 is 9.21 Å². The fourth-order valence-electron chi connectivity index (χ4n) is 1.90. The van der Waals surface area contributed by atoms with Crippen LogP contribution in [-0.2, 0) is 0 Å². The summed E-state index contributed by atoms with van der Waals surface area (Å²) >= 11 is 0. The van der Waals surface area contributed by atoms with Crippen molar-refractivity contribution in [2.24, 2.45) is 0 Å². The minimum Gasteiger partial charge on any atom is -0.428 e. The van der Waals surface area contributed by atoms with E-state index in [4.69, 9.17) is 4.42 Å². The van der Waals surface area contributed by atoms with Crippen LogP contribution < -0.4 is 10.9 Å². The van der Waals surface area contributed by atoms with Crippen molar-refractivity contribution in [3.05, 3.63) is 57.6 Å². The van der Waals surface area contributed by atoms with E-state index in [9.17, 15) is 9.59 Å². The quantitative estimate of drug-likeness (QED) is 0.858. The third-order valence-electron chi connectivity index (χ3n) is 2.84. The number of carbonyl (C=O) groups excluding carboxylic acids is 1. The van der Waals surface area contributed by atoms with Gasteiger partial charge in [0.1, 0.15) is 11.3 Å². The Labute approximate surface area is 111 Å². The molecule has 0 saturated carbocycles. The van der Waals surface area contributed by atoms with Gasteiger partial charge < -0.3 is 9.73 Å². The van der Waals surface area contributed by atoms with Gasteiger partial charge in [-0.1, -0.05) is 18.2 Å². The summed E-state index contributed by atoms with van der Waals surface area (Å²) in [6.45, 7) is 4.98. The van der Waals surface area contributed by atoms with Crippen LogP contribution in [0.15, 0.2) is 39.5 Å². The van der Waals surface area contributed by atoms with E-state index in [1.54, 1.807) is 13.0 Å². The summed E-state index contributed by atoms with van der Waals surface area (Å²) in [5, 5.41) is 3.12. The predicted octanol–water partition coefficient (Wildman–Crippen LogP) is 3.20. The summed E-state index contributed by atoms with van der Waals surface area (Å²) in [7, 11) is 0. The molecule has 0 spiro atoms. The maximum absolute atomic E-state index is 11.7. The summed E-state index contributed by atoms with van der Waals surface area (Å²) in [5.74, 6) is 0.149. The van der Waals surface area contributed by atoms with E-state index in [2.05, 4.69) is 5.32 Å². The molecule has 0 aliphatic rings. The highest BCUT2D eigenvalue weighted by Gasteiger charge is 2.15. The van der Waals surface area contributed by atoms with Gasteiger partial charge in [0.05, 0.1) is 5.69 Å². The fourth-order valence-corrected chi connectivity index (χ4v) is 1.90. The molecule has 0 amide bonds. The molecule has 2 rings (SSSR count). The maximum atomic E-state index is 11.7. The van der Waals surface area contributed by atoms with Gasteiger partial charge in [0.15, 0.2) is 5.78 Å². The largest absolute Gasteiger partial charge is 0.428 e. The SMILES string of the molecule is CC(=O)c1c(Nc2ccccc2C)cc(C)oc1=O. The van der Waals surface area contributed by atoms with E-state index < -0.39 is 5.63 Å². The highest BCUT2D eigenvalue weighted by molar-refractivity contribution is 5.99. The summed E-state index contributed by atoms with van der Waals surface area (Å²) in [4.78, 5) is 23.3. The molecule has 1 N–H and O–H groups in total. The Morgan fingerprint density at radius 3 is 2.47 bits per heavy atom. The van der Waals surface area contributed by atoms with Gasteiger partial charge in [-0.25, -0.2) is 4.79 Å². The molecular formula is C15H15NO3. The smallest absolute Gasteiger partial charge is 0.348 e. The Kier molecular flexibility index (Phi) is 3.51. The first-order valence-electron chi connectivity index (χ1n) is 5.97. The zero-order chi connectivity index (χ0) is 14.0. The first-order valence-corrected chi connectivity index (χ1v) is 5.97. The van der Waals surface area contributed by atoms with Crippen LogP contribution in [0, 0.1) is 13.8 Å². The van der Waals surface area contributed by atoms with Crippen LogP contribution in [0.3, 0.4) is 0 Å². The van der Waals surface area contributed by atoms with Crippen molar-refractivity contribution in [1.29, 1.82) is 0 Å². The molecule has 0 bridgehead atoms. The van der Waals surface area contributed by atoms with Gasteiger partial charge in [-0.3, -0.25) is 4.79 Å². The van der Waals surface area contributed by atoms with E-state index in [1.165, 1.54) is 6.92 Å². The van der Waals surface area contributed by atoms with Gasteiger partial charge in [-0.15, -0.1) is 0 Å². The Hall–Kier alpha value is -2.36. The number of carbonyl (C=O) groups is 1. The van der Waals surface area contributed by atoms with Crippen molar-refractivity contribution >= 4 is 17.2 Å². The van der Waals surface area contributed by atoms with E-state index >= 15 is 0 Å². The highest BCUT2D eigenvalue weighted by Crippen LogP contribution is 2.22. The monoisotopic (exact) mass is 257 g/mol. The van der Waals surface area contributed by atoms with Crippen LogP contribution in [0.25, 0.3) is 0 Å². The van der Waals surface area contributed by atoms with Crippen molar-refractivity contribution in [2.75, 3.05) is 5.32 Å². The number of rotatable bonds is 3. The Bertz CT molecular complexity index is 686. The number of anilines is 2. The Morgan fingerprint density at radius 1 is 1.16 bits per heavy atom. The molecular weight excluding hydrogens is 242 g/mol. The van der Waals surface area contributed by atoms with Crippen LogP contribution in [-0.4, -0.2) is 5.78 Å². The first kappa shape index (κ1) is 13.1. The number of para-hydroxylation sites is 1. The topological polar surface area (TPSA) is 59.3 Å². The highest BCUT2D eigenvalue weighted by atomic mass is 16.4. The third-order valence-corrected chi connectivity index (χ3v) is 2.84. The van der Waals surface area contributed by atoms with Gasteiger partial charge in [0.25, 0.3) is 0 Å². The Morgan fingerprint density at radius 2 is 1.84 bits per heavy atom. The van der Waals surface area contributed by atoms with E-state index in [1.807, 2.05) is 31.2 Å². The number of benzene rings is 1. The minimum atomic E-state index is -0.608. The van der Waals surface area contributed by atoms with E-state index in [0.717, 1.165) is 11.3 Å². The molecule has 0 aliphatic heterocycles. The normalized spacial score (nSPS) is 10.3. The lowest BCUT2D eigenvalue weighted by molar-refractivity contribution is 0.101. The number of ketones is 1. The second-order valence-electron chi connectivity index (χ2n) is 4.43. The lowest BCUT2D eigenvalue weighted by Crippen LogP contribution is -2.15. The second kappa shape index (κ2) is 5.10. The van der Waals surface area contributed by atoms with Gasteiger partial charge in [0, 0.05) is 11.8 Å². The van der Waals surface area contributed by atoms with Gasteiger partial charge in [-0.2, -0.15) is 0 Å². The molecule has 0 saturated heterocycles. The molecule has 1 aromatic carbocycles. The van der Waals surface area contributed by atoms with Crippen LogP contribution in [0.5, 0.6) is 0 Å². The number of Topliss-reactive ketones (excluding diaryl/α,β-unsaturated/α-hetero) is 1. The molecule has 1 heterocycles. The molecule has 2 aromatic rings. The average Bonchev–Trinajstić information content (AvgIpc) is 2.30. The Balaban J connectivity index is 2.54. The minimum absolute atomic E-state index is 0.0499. The molecule has 0 unspecified atom stereocenters. The van der Waals surface area contributed by atoms with Crippen molar-refractivity contribution in [2.45, 2.75) is 20.8 Å². The van der Waals surface area contributed by atoms with E-state index in [0.29, 0.717) is 11.4 Å². The number of hydrogen-bond acceptors (Lipinski definition) is 4. The second-order valence-corrected chi connectivity index (χ2v) is 4.43. The van der Waals surface area contributed by atoms with E-state index in [-0.39, 0.29) is 11.3 Å². The molecule has 4 nitrogen and oxygen atoms in total. The van der Waals surface area contributed by atoms with Crippen LogP contribution in [0.2, 0.25) is 0 Å². The molecule has 0 fully saturated rings. The number of aryl methyl sites for hydroxylation is 2. The fraction of sp³-hybridized carbons (Fsp3) is 0.200. The van der Waals surface area contributed by atoms with Crippen LogP contribution in [0.1, 0.15) is 28.6 Å². The summed E-state index contributed by atoms with van der Waals surface area (Å²) in [6, 6.07) is 9.32. The zero-order valence-corrected chi connectivity index (χ0v) is 11.1. The van der Waals surface area contributed by atoms with Crippen molar-refractivity contribution in [1.82, 2.24) is 0 Å². The van der Waals surface area contributed by atoms with Crippen LogP contribution in [0.4, 0.5) is 11.4 Å². The molecule has 0 atom stereocenters. The summed E-state index contributed by atoms with van der Waals surface area (Å²) in [5.41, 5.74) is 1.81. The molecule has 1 aromatic heterocycles. The molecule has 0 radical (unpaired) electrons. The first-order chi connectivity index (χ1) is 8.99. The summed E-state index contributed by atoms with van der Waals surface area (Å²) < 4.78 is 4.96. The van der Waals surface area contributed by atoms with Gasteiger partial charge in [0.2, 0.25) is 0 Å². The van der Waals surface area contributed by atoms with Crippen molar-refractivity contribution in [3.63, 3.8) is 0 Å².